The zero-order valence-corrected chi connectivity index (χ0v) is 8.83. The standard InChI is InChI=1S/C9H18N2O2/c1-5-13-8(12)11(4)9(6-7-9)10(2)3/h5-7H2,1-4H3. The maximum absolute atomic E-state index is 11.4. The summed E-state index contributed by atoms with van der Waals surface area (Å²) >= 11 is 0. The molecule has 4 heteroatoms. The molecule has 0 aliphatic heterocycles. The van der Waals surface area contributed by atoms with Crippen LogP contribution in [0.15, 0.2) is 0 Å². The van der Waals surface area contributed by atoms with Crippen molar-refractivity contribution < 1.29 is 9.53 Å². The lowest BCUT2D eigenvalue weighted by atomic mass is 10.4. The Labute approximate surface area is 79.4 Å². The molecule has 1 aliphatic carbocycles. The third kappa shape index (κ3) is 1.77. The van der Waals surface area contributed by atoms with Gasteiger partial charge in [0, 0.05) is 7.05 Å². The van der Waals surface area contributed by atoms with Crippen LogP contribution in [0, 0.1) is 0 Å². The van der Waals surface area contributed by atoms with Crippen molar-refractivity contribution in [3.05, 3.63) is 0 Å². The van der Waals surface area contributed by atoms with Crippen LogP contribution in [0.2, 0.25) is 0 Å². The summed E-state index contributed by atoms with van der Waals surface area (Å²) in [7, 11) is 5.77. The highest BCUT2D eigenvalue weighted by atomic mass is 16.6. The second-order valence-electron chi connectivity index (χ2n) is 3.63. The Bertz CT molecular complexity index is 200. The Morgan fingerprint density at radius 2 is 1.92 bits per heavy atom. The minimum atomic E-state index is -0.228. The highest BCUT2D eigenvalue weighted by molar-refractivity contribution is 5.68. The molecule has 0 heterocycles. The van der Waals surface area contributed by atoms with Crippen LogP contribution in [-0.2, 0) is 4.74 Å². The van der Waals surface area contributed by atoms with E-state index in [1.165, 1.54) is 0 Å². The fourth-order valence-electron chi connectivity index (χ4n) is 1.58. The lowest BCUT2D eigenvalue weighted by molar-refractivity contribution is 0.0508. The van der Waals surface area contributed by atoms with Crippen molar-refractivity contribution in [3.8, 4) is 0 Å². The molecule has 4 nitrogen and oxygen atoms in total. The fourth-order valence-corrected chi connectivity index (χ4v) is 1.58. The van der Waals surface area contributed by atoms with Crippen molar-refractivity contribution in [2.75, 3.05) is 27.7 Å². The number of rotatable bonds is 3. The molecule has 0 aromatic carbocycles. The highest BCUT2D eigenvalue weighted by Gasteiger charge is 2.51. The topological polar surface area (TPSA) is 32.8 Å². The van der Waals surface area contributed by atoms with E-state index in [4.69, 9.17) is 4.74 Å². The molecule has 1 rings (SSSR count). The van der Waals surface area contributed by atoms with E-state index in [1.807, 2.05) is 21.0 Å². The average molecular weight is 186 g/mol. The van der Waals surface area contributed by atoms with Crippen LogP contribution in [-0.4, -0.2) is 49.3 Å². The first-order chi connectivity index (χ1) is 6.04. The first-order valence-corrected chi connectivity index (χ1v) is 4.62. The van der Waals surface area contributed by atoms with Crippen molar-refractivity contribution in [3.63, 3.8) is 0 Å². The summed E-state index contributed by atoms with van der Waals surface area (Å²) in [6.07, 6.45) is 1.85. The molecule has 13 heavy (non-hydrogen) atoms. The monoisotopic (exact) mass is 186 g/mol. The SMILES string of the molecule is CCOC(=O)N(C)C1(N(C)C)CC1. The van der Waals surface area contributed by atoms with Crippen molar-refractivity contribution in [2.45, 2.75) is 25.4 Å². The molecule has 0 aromatic rings. The Kier molecular flexibility index (Phi) is 2.81. The van der Waals surface area contributed by atoms with E-state index in [1.54, 1.807) is 11.9 Å². The Morgan fingerprint density at radius 3 is 2.23 bits per heavy atom. The van der Waals surface area contributed by atoms with Gasteiger partial charge in [0.2, 0.25) is 0 Å². The summed E-state index contributed by atoms with van der Waals surface area (Å²) in [5.41, 5.74) is -0.0771. The molecule has 1 saturated carbocycles. The van der Waals surface area contributed by atoms with E-state index >= 15 is 0 Å². The number of ether oxygens (including phenoxy) is 1. The summed E-state index contributed by atoms with van der Waals surface area (Å²) in [5.74, 6) is 0. The van der Waals surface area contributed by atoms with Crippen LogP contribution in [0.4, 0.5) is 4.79 Å². The number of hydrogen-bond donors (Lipinski definition) is 0. The van der Waals surface area contributed by atoms with Crippen LogP contribution in [0.5, 0.6) is 0 Å². The molecule has 0 bridgehead atoms. The first-order valence-electron chi connectivity index (χ1n) is 4.62. The average Bonchev–Trinajstić information content (AvgIpc) is 2.83. The molecule has 0 spiro atoms. The largest absolute Gasteiger partial charge is 0.450 e. The molecule has 0 N–H and O–H groups in total. The molecular weight excluding hydrogens is 168 g/mol. The van der Waals surface area contributed by atoms with E-state index in [2.05, 4.69) is 4.90 Å². The zero-order valence-electron chi connectivity index (χ0n) is 8.83. The summed E-state index contributed by atoms with van der Waals surface area (Å²) in [4.78, 5) is 15.2. The minimum absolute atomic E-state index is 0.0771. The lowest BCUT2D eigenvalue weighted by Crippen LogP contribution is -2.48. The lowest BCUT2D eigenvalue weighted by Gasteiger charge is -2.32. The second-order valence-corrected chi connectivity index (χ2v) is 3.63. The smallest absolute Gasteiger partial charge is 0.410 e. The maximum Gasteiger partial charge on any atom is 0.410 e. The molecule has 0 atom stereocenters. The van der Waals surface area contributed by atoms with E-state index in [9.17, 15) is 4.79 Å². The van der Waals surface area contributed by atoms with Gasteiger partial charge in [-0.05, 0) is 33.9 Å². The Morgan fingerprint density at radius 1 is 1.38 bits per heavy atom. The number of carbonyl (C=O) groups is 1. The second kappa shape index (κ2) is 3.54. The third-order valence-electron chi connectivity index (χ3n) is 2.70. The van der Waals surface area contributed by atoms with Crippen LogP contribution in [0.1, 0.15) is 19.8 Å². The van der Waals surface area contributed by atoms with Gasteiger partial charge in [-0.3, -0.25) is 9.80 Å². The molecule has 0 radical (unpaired) electrons. The number of carbonyl (C=O) groups excluding carboxylic acids is 1. The predicted octanol–water partition coefficient (Wildman–Crippen LogP) is 1.13. The number of amides is 1. The fraction of sp³-hybridized carbons (Fsp3) is 0.889. The summed E-state index contributed by atoms with van der Waals surface area (Å²) in [6.45, 7) is 2.26. The van der Waals surface area contributed by atoms with Gasteiger partial charge in [0.25, 0.3) is 0 Å². The summed E-state index contributed by atoms with van der Waals surface area (Å²) in [5, 5.41) is 0. The number of nitrogens with zero attached hydrogens (tertiary/aromatic N) is 2. The summed E-state index contributed by atoms with van der Waals surface area (Å²) in [6, 6.07) is 0. The van der Waals surface area contributed by atoms with Crippen molar-refractivity contribution >= 4 is 6.09 Å². The van der Waals surface area contributed by atoms with Crippen molar-refractivity contribution in [2.24, 2.45) is 0 Å². The Balaban J connectivity index is 2.56. The van der Waals surface area contributed by atoms with Gasteiger partial charge in [-0.2, -0.15) is 0 Å². The van der Waals surface area contributed by atoms with E-state index < -0.39 is 0 Å². The van der Waals surface area contributed by atoms with Gasteiger partial charge in [0.05, 0.1) is 12.3 Å². The first kappa shape index (κ1) is 10.3. The normalized spacial score (nSPS) is 18.5. The quantitative estimate of drug-likeness (QED) is 0.619. The van der Waals surface area contributed by atoms with Gasteiger partial charge < -0.3 is 4.74 Å². The third-order valence-corrected chi connectivity index (χ3v) is 2.70. The van der Waals surface area contributed by atoms with Gasteiger partial charge in [-0.1, -0.05) is 0 Å². The van der Waals surface area contributed by atoms with E-state index in [-0.39, 0.29) is 11.8 Å². The predicted molar refractivity (Wildman–Crippen MR) is 50.4 cm³/mol. The molecule has 1 amide bonds. The van der Waals surface area contributed by atoms with Gasteiger partial charge in [0.15, 0.2) is 0 Å². The summed E-state index contributed by atoms with van der Waals surface area (Å²) < 4.78 is 4.94. The Hall–Kier alpha value is -0.770. The van der Waals surface area contributed by atoms with Gasteiger partial charge >= 0.3 is 6.09 Å². The number of hydrogen-bond acceptors (Lipinski definition) is 3. The highest BCUT2D eigenvalue weighted by Crippen LogP contribution is 2.42. The molecular formula is C9H18N2O2. The van der Waals surface area contributed by atoms with Crippen molar-refractivity contribution in [1.82, 2.24) is 9.80 Å². The molecule has 76 valence electrons. The maximum atomic E-state index is 11.4. The van der Waals surface area contributed by atoms with Crippen LogP contribution < -0.4 is 0 Å². The van der Waals surface area contributed by atoms with Crippen molar-refractivity contribution in [1.29, 1.82) is 0 Å². The van der Waals surface area contributed by atoms with E-state index in [0.29, 0.717) is 6.61 Å². The zero-order chi connectivity index (χ0) is 10.1. The van der Waals surface area contributed by atoms with Crippen LogP contribution in [0.25, 0.3) is 0 Å². The molecule has 0 unspecified atom stereocenters. The van der Waals surface area contributed by atoms with Gasteiger partial charge in [0.1, 0.15) is 0 Å². The molecule has 1 fully saturated rings. The van der Waals surface area contributed by atoms with Gasteiger partial charge in [-0.25, -0.2) is 4.79 Å². The molecule has 0 saturated heterocycles. The van der Waals surface area contributed by atoms with Gasteiger partial charge in [-0.15, -0.1) is 0 Å². The minimum Gasteiger partial charge on any atom is -0.450 e. The molecule has 1 aliphatic rings. The van der Waals surface area contributed by atoms with Crippen LogP contribution >= 0.6 is 0 Å². The van der Waals surface area contributed by atoms with Crippen LogP contribution in [0.3, 0.4) is 0 Å². The van der Waals surface area contributed by atoms with E-state index in [0.717, 1.165) is 12.8 Å². The molecule has 0 aromatic heterocycles.